The number of hydrogen-bond donors (Lipinski definition) is 4. The van der Waals surface area contributed by atoms with Gasteiger partial charge in [-0.15, -0.1) is 0 Å². The molecule has 1 aliphatic heterocycles. The molecule has 1 aromatic carbocycles. The highest BCUT2D eigenvalue weighted by Gasteiger charge is 2.44. The van der Waals surface area contributed by atoms with Crippen LogP contribution in [0.3, 0.4) is 0 Å². The summed E-state index contributed by atoms with van der Waals surface area (Å²) in [4.78, 5) is 51.4. The Morgan fingerprint density at radius 3 is 2.25 bits per heavy atom. The van der Waals surface area contributed by atoms with E-state index >= 15 is 0 Å². The summed E-state index contributed by atoms with van der Waals surface area (Å²) in [6.45, 7) is 12.9. The molecule has 0 radical (unpaired) electrons. The van der Waals surface area contributed by atoms with E-state index in [-0.39, 0.29) is 11.0 Å². The molecule has 1 atom stereocenters. The van der Waals surface area contributed by atoms with Crippen molar-refractivity contribution in [3.05, 3.63) is 77.8 Å². The number of aliphatic carboxylic acids is 3. The summed E-state index contributed by atoms with van der Waals surface area (Å²) < 4.78 is 13.7. The Bertz CT molecular complexity index is 1810. The first-order chi connectivity index (χ1) is 24.6. The Morgan fingerprint density at radius 1 is 0.981 bits per heavy atom. The van der Waals surface area contributed by atoms with Gasteiger partial charge in [0.2, 0.25) is 0 Å². The first kappa shape index (κ1) is 39.8. The summed E-state index contributed by atoms with van der Waals surface area (Å²) in [5.74, 6) is -3.13. The summed E-state index contributed by atoms with van der Waals surface area (Å²) in [6, 6.07) is 12.5. The Balaban J connectivity index is 0.000000398. The smallest absolute Gasteiger partial charge is 0.336 e. The van der Waals surface area contributed by atoms with Crippen molar-refractivity contribution in [2.45, 2.75) is 77.5 Å². The zero-order valence-corrected chi connectivity index (χ0v) is 30.3. The molecule has 4 aromatic rings. The summed E-state index contributed by atoms with van der Waals surface area (Å²) in [7, 11) is 1.69. The molecule has 1 saturated heterocycles. The highest BCUT2D eigenvalue weighted by molar-refractivity contribution is 5.88. The zero-order chi connectivity index (χ0) is 38.1. The summed E-state index contributed by atoms with van der Waals surface area (Å²) in [6.07, 6.45) is 6.11. The van der Waals surface area contributed by atoms with E-state index in [0.29, 0.717) is 6.54 Å². The van der Waals surface area contributed by atoms with Gasteiger partial charge in [0, 0.05) is 49.0 Å². The van der Waals surface area contributed by atoms with Crippen molar-refractivity contribution in [1.29, 1.82) is 0 Å². The van der Waals surface area contributed by atoms with Crippen LogP contribution in [0.2, 0.25) is 0 Å². The highest BCUT2D eigenvalue weighted by Crippen LogP contribution is 2.42. The standard InChI is InChI=1S/C31H40N6O2.C6H8O7/c1-6-39-21-31(15-16-36(20-31)30(3,4)25-10-7-23(2)33-17-25)14-13-28-35-29-27(18-32-22-34-29)37(28)19-24-8-11-26(38-5)12-9-24;7-3(8)1-6(13,5(11)12)2-4(9)10/h7-12,17-18,22H,6,13-16,19-21H2,1-5H3;13H,1-2H2,(H,7,8)(H,9,10)(H,11,12)/t31-;/m0./s1. The molecule has 280 valence electrons. The molecule has 3 aromatic heterocycles. The van der Waals surface area contributed by atoms with Crippen molar-refractivity contribution in [1.82, 2.24) is 29.4 Å². The van der Waals surface area contributed by atoms with Crippen molar-refractivity contribution in [3.63, 3.8) is 0 Å². The molecular weight excluding hydrogens is 672 g/mol. The van der Waals surface area contributed by atoms with Gasteiger partial charge in [-0.25, -0.2) is 19.7 Å². The lowest BCUT2D eigenvalue weighted by Crippen LogP contribution is -2.42. The number of likely N-dealkylation sites (tertiary alicyclic amines) is 1. The molecule has 15 heteroatoms. The van der Waals surface area contributed by atoms with Crippen LogP contribution in [0.1, 0.15) is 69.1 Å². The number of methoxy groups -OCH3 is 1. The van der Waals surface area contributed by atoms with Crippen LogP contribution in [-0.4, -0.2) is 107 Å². The van der Waals surface area contributed by atoms with Gasteiger partial charge in [0.15, 0.2) is 11.2 Å². The number of hydrogen-bond acceptors (Lipinski definition) is 11. The Kier molecular flexibility index (Phi) is 13.0. The molecule has 0 unspecified atom stereocenters. The molecule has 4 N–H and O–H groups in total. The van der Waals surface area contributed by atoms with E-state index < -0.39 is 36.4 Å². The molecule has 1 aliphatic rings. The number of aromatic nitrogens is 5. The normalized spacial score (nSPS) is 16.3. The number of rotatable bonds is 16. The van der Waals surface area contributed by atoms with Gasteiger partial charge >= 0.3 is 17.9 Å². The van der Waals surface area contributed by atoms with Crippen molar-refractivity contribution in [2.24, 2.45) is 5.41 Å². The van der Waals surface area contributed by atoms with E-state index in [1.54, 1.807) is 13.4 Å². The van der Waals surface area contributed by atoms with E-state index in [2.05, 4.69) is 69.5 Å². The minimum absolute atomic E-state index is 0.0557. The maximum absolute atomic E-state index is 10.3. The Labute approximate surface area is 302 Å². The van der Waals surface area contributed by atoms with Crippen LogP contribution >= 0.6 is 0 Å². The van der Waals surface area contributed by atoms with Gasteiger partial charge in [-0.1, -0.05) is 18.2 Å². The SMILES string of the molecule is CCOC[C@@]1(CCc2nc3ncncc3n2Cc2ccc(OC)cc2)CCN(C(C)(C)c2ccc(C)nc2)C1.O=C(O)CC(O)(CC(=O)O)C(=O)O. The number of ether oxygens (including phenoxy) is 2. The van der Waals surface area contributed by atoms with Gasteiger partial charge in [-0.05, 0) is 76.4 Å². The molecule has 0 saturated carbocycles. The first-order valence-corrected chi connectivity index (χ1v) is 17.0. The maximum atomic E-state index is 10.3. The predicted octanol–water partition coefficient (Wildman–Crippen LogP) is 3.93. The van der Waals surface area contributed by atoms with Crippen LogP contribution in [0.5, 0.6) is 5.75 Å². The number of pyridine rings is 1. The van der Waals surface area contributed by atoms with E-state index in [1.165, 1.54) is 11.1 Å². The minimum Gasteiger partial charge on any atom is -0.497 e. The third kappa shape index (κ3) is 9.86. The quantitative estimate of drug-likeness (QED) is 0.129. The number of carbonyl (C=O) groups is 3. The van der Waals surface area contributed by atoms with Gasteiger partial charge in [0.05, 0.1) is 32.8 Å². The van der Waals surface area contributed by atoms with Crippen molar-refractivity contribution in [3.8, 4) is 5.75 Å². The second-order valence-electron chi connectivity index (χ2n) is 13.7. The van der Waals surface area contributed by atoms with Crippen LogP contribution in [0.15, 0.2) is 55.1 Å². The second-order valence-corrected chi connectivity index (χ2v) is 13.7. The van der Waals surface area contributed by atoms with E-state index in [9.17, 15) is 14.4 Å². The third-order valence-corrected chi connectivity index (χ3v) is 9.63. The van der Waals surface area contributed by atoms with Gasteiger partial charge in [0.25, 0.3) is 0 Å². The molecular formula is C37H48N6O9. The first-order valence-electron chi connectivity index (χ1n) is 17.0. The number of carboxylic acids is 3. The van der Waals surface area contributed by atoms with Crippen LogP contribution < -0.4 is 4.74 Å². The van der Waals surface area contributed by atoms with E-state index in [1.807, 2.05) is 31.5 Å². The number of fused-ring (bicyclic) bond motifs is 1. The summed E-state index contributed by atoms with van der Waals surface area (Å²) in [5.41, 5.74) is 2.40. The van der Waals surface area contributed by atoms with Crippen molar-refractivity contribution >= 4 is 29.1 Å². The fourth-order valence-electron chi connectivity index (χ4n) is 6.42. The maximum Gasteiger partial charge on any atom is 0.336 e. The van der Waals surface area contributed by atoms with Crippen molar-refractivity contribution in [2.75, 3.05) is 33.4 Å². The average Bonchev–Trinajstić information content (AvgIpc) is 3.69. The van der Waals surface area contributed by atoms with E-state index in [0.717, 1.165) is 74.0 Å². The second kappa shape index (κ2) is 17.0. The lowest BCUT2D eigenvalue weighted by molar-refractivity contribution is -0.170. The lowest BCUT2D eigenvalue weighted by Gasteiger charge is -2.38. The van der Waals surface area contributed by atoms with Crippen LogP contribution in [0.25, 0.3) is 11.2 Å². The third-order valence-electron chi connectivity index (χ3n) is 9.63. The summed E-state index contributed by atoms with van der Waals surface area (Å²) >= 11 is 0. The topological polar surface area (TPSA) is 210 Å². The molecule has 0 spiro atoms. The largest absolute Gasteiger partial charge is 0.497 e. The van der Waals surface area contributed by atoms with Gasteiger partial charge < -0.3 is 34.5 Å². The van der Waals surface area contributed by atoms with Gasteiger partial charge in [-0.2, -0.15) is 0 Å². The van der Waals surface area contributed by atoms with Crippen LogP contribution in [0.4, 0.5) is 0 Å². The molecule has 4 heterocycles. The molecule has 0 amide bonds. The van der Waals surface area contributed by atoms with E-state index in [4.69, 9.17) is 34.9 Å². The van der Waals surface area contributed by atoms with Gasteiger partial charge in [-0.3, -0.25) is 19.5 Å². The zero-order valence-electron chi connectivity index (χ0n) is 30.3. The number of imidazole rings is 1. The highest BCUT2D eigenvalue weighted by atomic mass is 16.5. The fraction of sp³-hybridized carbons (Fsp3) is 0.486. The molecule has 52 heavy (non-hydrogen) atoms. The number of aliphatic hydroxyl groups is 1. The number of nitrogens with zero attached hydrogens (tertiary/aromatic N) is 6. The fourth-order valence-corrected chi connectivity index (χ4v) is 6.42. The molecule has 5 rings (SSSR count). The number of carboxylic acid groups (broad SMARTS) is 3. The predicted molar refractivity (Wildman–Crippen MR) is 190 cm³/mol. The minimum atomic E-state index is -2.74. The van der Waals surface area contributed by atoms with Crippen molar-refractivity contribution < 1.29 is 44.3 Å². The number of benzene rings is 1. The average molecular weight is 721 g/mol. The lowest BCUT2D eigenvalue weighted by atomic mass is 9.82. The molecule has 0 bridgehead atoms. The molecule has 15 nitrogen and oxygen atoms in total. The Morgan fingerprint density at radius 2 is 1.67 bits per heavy atom. The van der Waals surface area contributed by atoms with Crippen LogP contribution in [-0.2, 0) is 37.6 Å². The molecule has 1 fully saturated rings. The number of aryl methyl sites for hydroxylation is 2. The summed E-state index contributed by atoms with van der Waals surface area (Å²) in [5, 5.41) is 33.8. The molecule has 0 aliphatic carbocycles. The van der Waals surface area contributed by atoms with Gasteiger partial charge in [0.1, 0.15) is 23.4 Å². The Hall–Kier alpha value is -4.99. The monoisotopic (exact) mass is 720 g/mol. The van der Waals surface area contributed by atoms with Crippen LogP contribution in [0, 0.1) is 12.3 Å².